The highest BCUT2D eigenvalue weighted by Crippen LogP contribution is 2.11. The normalized spacial score (nSPS) is 12.9. The van der Waals surface area contributed by atoms with Crippen LogP contribution in [0.5, 0.6) is 0 Å². The summed E-state index contributed by atoms with van der Waals surface area (Å²) in [5, 5.41) is 9.41. The molecule has 22 heavy (non-hydrogen) atoms. The van der Waals surface area contributed by atoms with E-state index in [1.54, 1.807) is 44.8 Å². The number of nitrogens with one attached hydrogen (secondary N) is 2. The Hall–Kier alpha value is -2.05. The number of alkyl carbamates (subject to hydrolysis) is 1. The molecule has 0 aromatic carbocycles. The summed E-state index contributed by atoms with van der Waals surface area (Å²) >= 11 is 0. The molecule has 0 aliphatic heterocycles. The average Bonchev–Trinajstić information content (AvgIpc) is 2.70. The lowest BCUT2D eigenvalue weighted by molar-refractivity contribution is -0.118. The summed E-state index contributed by atoms with van der Waals surface area (Å²) in [6, 6.07) is 1.02. The van der Waals surface area contributed by atoms with Crippen LogP contribution >= 0.6 is 0 Å². The molecule has 0 aliphatic carbocycles. The molecule has 1 atom stereocenters. The summed E-state index contributed by atoms with van der Waals surface area (Å²) < 4.78 is 6.80. The zero-order valence-electron chi connectivity index (χ0n) is 14.1. The molecular formula is C15H26N4O3. The van der Waals surface area contributed by atoms with Crippen LogP contribution in [0.15, 0.2) is 12.3 Å². The zero-order valence-corrected chi connectivity index (χ0v) is 14.1. The smallest absolute Gasteiger partial charge is 0.408 e. The van der Waals surface area contributed by atoms with E-state index in [1.165, 1.54) is 0 Å². The molecule has 1 rings (SSSR count). The first-order valence-electron chi connectivity index (χ1n) is 7.37. The van der Waals surface area contributed by atoms with Crippen LogP contribution in [0.1, 0.15) is 41.0 Å². The van der Waals surface area contributed by atoms with E-state index in [4.69, 9.17) is 4.74 Å². The van der Waals surface area contributed by atoms with Crippen molar-refractivity contribution in [1.29, 1.82) is 0 Å². The maximum atomic E-state index is 12.3. The fourth-order valence-corrected chi connectivity index (χ4v) is 1.85. The Kier molecular flexibility index (Phi) is 5.96. The molecule has 0 saturated heterocycles. The zero-order chi connectivity index (χ0) is 16.9. The lowest BCUT2D eigenvalue weighted by atomic mass is 10.0. The van der Waals surface area contributed by atoms with Crippen molar-refractivity contribution in [3.8, 4) is 0 Å². The fraction of sp³-hybridized carbons (Fsp3) is 0.667. The maximum Gasteiger partial charge on any atom is 0.408 e. The van der Waals surface area contributed by atoms with Gasteiger partial charge in [-0.3, -0.25) is 9.48 Å². The Morgan fingerprint density at radius 2 is 2.00 bits per heavy atom. The minimum atomic E-state index is -0.670. The predicted molar refractivity (Wildman–Crippen MR) is 84.5 cm³/mol. The van der Waals surface area contributed by atoms with Crippen molar-refractivity contribution in [2.45, 2.75) is 52.7 Å². The van der Waals surface area contributed by atoms with Gasteiger partial charge in [0, 0.05) is 19.3 Å². The van der Waals surface area contributed by atoms with Crippen molar-refractivity contribution < 1.29 is 14.3 Å². The first-order chi connectivity index (χ1) is 10.1. The van der Waals surface area contributed by atoms with Gasteiger partial charge in [-0.1, -0.05) is 13.8 Å². The van der Waals surface area contributed by atoms with Crippen LogP contribution in [-0.4, -0.2) is 33.4 Å². The van der Waals surface area contributed by atoms with Gasteiger partial charge in [0.05, 0.1) is 0 Å². The third-order valence-electron chi connectivity index (χ3n) is 2.68. The summed E-state index contributed by atoms with van der Waals surface area (Å²) in [5.74, 6) is 0.389. The van der Waals surface area contributed by atoms with E-state index < -0.39 is 17.7 Å². The van der Waals surface area contributed by atoms with Gasteiger partial charge in [0.25, 0.3) is 0 Å². The molecule has 0 fully saturated rings. The van der Waals surface area contributed by atoms with Crippen LogP contribution in [0.2, 0.25) is 0 Å². The number of amides is 2. The van der Waals surface area contributed by atoms with E-state index in [0.717, 1.165) is 0 Å². The minimum Gasteiger partial charge on any atom is -0.444 e. The quantitative estimate of drug-likeness (QED) is 0.874. The molecule has 0 aliphatic rings. The Morgan fingerprint density at radius 3 is 2.45 bits per heavy atom. The number of aryl methyl sites for hydroxylation is 1. The standard InChI is InChI=1S/C15H26N4O3/c1-10(2)9-11(16-14(21)22-15(3,4)5)13(20)17-12-7-8-19(6)18-12/h7-8,10-11H,9H2,1-6H3,(H,16,21)(H,17,18,20)/t11-/m1/s1. The molecule has 0 spiro atoms. The molecular weight excluding hydrogens is 284 g/mol. The Labute approximate surface area is 131 Å². The number of aromatic nitrogens is 2. The summed E-state index contributed by atoms with van der Waals surface area (Å²) in [4.78, 5) is 24.2. The summed E-state index contributed by atoms with van der Waals surface area (Å²) in [7, 11) is 1.76. The van der Waals surface area contributed by atoms with Gasteiger partial charge in [-0.2, -0.15) is 5.10 Å². The number of hydrogen-bond donors (Lipinski definition) is 2. The topological polar surface area (TPSA) is 85.2 Å². The number of rotatable bonds is 5. The van der Waals surface area contributed by atoms with E-state index in [-0.39, 0.29) is 11.8 Å². The molecule has 0 unspecified atom stereocenters. The number of hydrogen-bond acceptors (Lipinski definition) is 4. The average molecular weight is 310 g/mol. The highest BCUT2D eigenvalue weighted by Gasteiger charge is 2.25. The fourth-order valence-electron chi connectivity index (χ4n) is 1.85. The van der Waals surface area contributed by atoms with Gasteiger partial charge in [-0.15, -0.1) is 0 Å². The van der Waals surface area contributed by atoms with Gasteiger partial charge in [-0.05, 0) is 33.1 Å². The largest absolute Gasteiger partial charge is 0.444 e. The monoisotopic (exact) mass is 310 g/mol. The van der Waals surface area contributed by atoms with Gasteiger partial charge in [0.1, 0.15) is 11.6 Å². The number of carbonyl (C=O) groups excluding carboxylic acids is 2. The van der Waals surface area contributed by atoms with E-state index in [9.17, 15) is 9.59 Å². The van der Waals surface area contributed by atoms with Crippen molar-refractivity contribution in [2.75, 3.05) is 5.32 Å². The van der Waals surface area contributed by atoms with Crippen LogP contribution in [0.4, 0.5) is 10.6 Å². The predicted octanol–water partition coefficient (Wildman–Crippen LogP) is 2.30. The summed E-state index contributed by atoms with van der Waals surface area (Å²) in [6.45, 7) is 9.30. The number of nitrogens with zero attached hydrogens (tertiary/aromatic N) is 2. The van der Waals surface area contributed by atoms with Gasteiger partial charge < -0.3 is 15.4 Å². The molecule has 2 N–H and O–H groups in total. The van der Waals surface area contributed by atoms with Crippen LogP contribution in [0.25, 0.3) is 0 Å². The third kappa shape index (κ3) is 6.60. The van der Waals surface area contributed by atoms with Crippen LogP contribution in [-0.2, 0) is 16.6 Å². The molecule has 124 valence electrons. The first-order valence-corrected chi connectivity index (χ1v) is 7.37. The van der Waals surface area contributed by atoms with E-state index in [2.05, 4.69) is 15.7 Å². The first kappa shape index (κ1) is 18.0. The molecule has 7 nitrogen and oxygen atoms in total. The van der Waals surface area contributed by atoms with Gasteiger partial charge in [0.2, 0.25) is 5.91 Å². The van der Waals surface area contributed by atoms with Gasteiger partial charge in [0.15, 0.2) is 5.82 Å². The van der Waals surface area contributed by atoms with Gasteiger partial charge in [-0.25, -0.2) is 4.79 Å². The molecule has 7 heteroatoms. The van der Waals surface area contributed by atoms with Crippen molar-refractivity contribution in [2.24, 2.45) is 13.0 Å². The summed E-state index contributed by atoms with van der Waals surface area (Å²) in [5.41, 5.74) is -0.607. The second-order valence-corrected chi connectivity index (χ2v) is 6.69. The molecule has 0 saturated carbocycles. The van der Waals surface area contributed by atoms with E-state index in [0.29, 0.717) is 12.2 Å². The molecule has 2 amide bonds. The second kappa shape index (κ2) is 7.29. The number of carbonyl (C=O) groups is 2. The number of ether oxygens (including phenoxy) is 1. The molecule has 1 aromatic heterocycles. The van der Waals surface area contributed by atoms with Crippen LogP contribution in [0, 0.1) is 5.92 Å². The lowest BCUT2D eigenvalue weighted by Gasteiger charge is -2.24. The third-order valence-corrected chi connectivity index (χ3v) is 2.68. The van der Waals surface area contributed by atoms with Crippen LogP contribution < -0.4 is 10.6 Å². The van der Waals surface area contributed by atoms with Crippen molar-refractivity contribution >= 4 is 17.8 Å². The highest BCUT2D eigenvalue weighted by molar-refractivity contribution is 5.95. The number of anilines is 1. The second-order valence-electron chi connectivity index (χ2n) is 6.69. The minimum absolute atomic E-state index is 0.245. The Bertz CT molecular complexity index is 517. The summed E-state index contributed by atoms with van der Waals surface area (Å²) in [6.07, 6.45) is 1.64. The van der Waals surface area contributed by atoms with Crippen molar-refractivity contribution in [3.05, 3.63) is 12.3 Å². The molecule has 0 bridgehead atoms. The molecule has 1 aromatic rings. The van der Waals surface area contributed by atoms with Gasteiger partial charge >= 0.3 is 6.09 Å². The lowest BCUT2D eigenvalue weighted by Crippen LogP contribution is -2.46. The highest BCUT2D eigenvalue weighted by atomic mass is 16.6. The molecule has 1 heterocycles. The molecule has 0 radical (unpaired) electrons. The Balaban J connectivity index is 2.70. The maximum absolute atomic E-state index is 12.3. The van der Waals surface area contributed by atoms with E-state index in [1.807, 2.05) is 13.8 Å². The van der Waals surface area contributed by atoms with E-state index >= 15 is 0 Å². The Morgan fingerprint density at radius 1 is 1.36 bits per heavy atom. The van der Waals surface area contributed by atoms with Crippen molar-refractivity contribution in [3.63, 3.8) is 0 Å². The van der Waals surface area contributed by atoms with Crippen LogP contribution in [0.3, 0.4) is 0 Å². The van der Waals surface area contributed by atoms with Crippen molar-refractivity contribution in [1.82, 2.24) is 15.1 Å². The SMILES string of the molecule is CC(C)C[C@@H](NC(=O)OC(C)(C)C)C(=O)Nc1ccn(C)n1.